The van der Waals surface area contributed by atoms with Crippen LogP contribution in [0.1, 0.15) is 12.5 Å². The zero-order valence-corrected chi connectivity index (χ0v) is 9.06. The molecule has 1 nitrogen and oxygen atoms in total. The molecule has 0 fully saturated rings. The number of hydrogen-bond acceptors (Lipinski definition) is 1. The lowest BCUT2D eigenvalue weighted by molar-refractivity contribution is 0.468. The molecule has 0 bridgehead atoms. The lowest BCUT2D eigenvalue weighted by Crippen LogP contribution is -1.96. The molecule has 0 aliphatic heterocycles. The van der Waals surface area contributed by atoms with E-state index < -0.39 is 0 Å². The highest BCUT2D eigenvalue weighted by atomic mass is 79.9. The van der Waals surface area contributed by atoms with Gasteiger partial charge in [-0.25, -0.2) is 0 Å². The van der Waals surface area contributed by atoms with Crippen molar-refractivity contribution in [3.05, 3.63) is 28.8 Å². The second-order valence-corrected chi connectivity index (χ2v) is 4.70. The molecular weight excluding hydrogens is 239 g/mol. The van der Waals surface area contributed by atoms with Gasteiger partial charge in [0.2, 0.25) is 0 Å². The minimum absolute atomic E-state index is 0.200. The molecule has 1 aromatic carbocycles. The molecule has 0 heterocycles. The molecule has 0 saturated heterocycles. The Morgan fingerprint density at radius 1 is 1.58 bits per heavy atom. The van der Waals surface area contributed by atoms with Gasteiger partial charge in [0, 0.05) is 4.83 Å². The van der Waals surface area contributed by atoms with E-state index in [0.717, 1.165) is 12.0 Å². The van der Waals surface area contributed by atoms with Crippen LogP contribution in [-0.4, -0.2) is 9.93 Å². The molecule has 0 saturated carbocycles. The lowest BCUT2D eigenvalue weighted by Gasteiger charge is -2.06. The molecule has 1 N–H and O–H groups in total. The molecule has 1 atom stereocenters. The zero-order valence-electron chi connectivity index (χ0n) is 6.72. The average Bonchev–Trinajstić information content (AvgIpc) is 1.98. The van der Waals surface area contributed by atoms with Crippen molar-refractivity contribution in [2.75, 3.05) is 0 Å². The molecule has 1 aromatic rings. The summed E-state index contributed by atoms with van der Waals surface area (Å²) in [5, 5.41) is 9.91. The number of rotatable bonds is 2. The van der Waals surface area contributed by atoms with Crippen LogP contribution in [-0.2, 0) is 6.42 Å². The first-order valence-corrected chi connectivity index (χ1v) is 5.01. The van der Waals surface area contributed by atoms with Gasteiger partial charge in [-0.3, -0.25) is 0 Å². The number of alkyl halides is 1. The SMILES string of the molecule is CC(Br)Cc1cccc(Cl)c1O. The van der Waals surface area contributed by atoms with Gasteiger partial charge in [-0.2, -0.15) is 0 Å². The Morgan fingerprint density at radius 2 is 2.25 bits per heavy atom. The second-order valence-electron chi connectivity index (χ2n) is 2.73. The van der Waals surface area contributed by atoms with Crippen molar-refractivity contribution in [2.24, 2.45) is 0 Å². The van der Waals surface area contributed by atoms with Gasteiger partial charge in [-0.1, -0.05) is 46.6 Å². The monoisotopic (exact) mass is 248 g/mol. The van der Waals surface area contributed by atoms with Crippen molar-refractivity contribution in [3.8, 4) is 5.75 Å². The van der Waals surface area contributed by atoms with Gasteiger partial charge in [-0.15, -0.1) is 0 Å². The quantitative estimate of drug-likeness (QED) is 0.797. The normalized spacial score (nSPS) is 12.9. The summed E-state index contributed by atoms with van der Waals surface area (Å²) >= 11 is 9.15. The van der Waals surface area contributed by atoms with E-state index in [1.165, 1.54) is 0 Å². The van der Waals surface area contributed by atoms with Crippen LogP contribution >= 0.6 is 27.5 Å². The maximum Gasteiger partial charge on any atom is 0.137 e. The maximum atomic E-state index is 9.49. The molecule has 0 aliphatic carbocycles. The van der Waals surface area contributed by atoms with Crippen molar-refractivity contribution in [3.63, 3.8) is 0 Å². The Bertz CT molecular complexity index is 273. The smallest absolute Gasteiger partial charge is 0.137 e. The second kappa shape index (κ2) is 4.15. The number of aromatic hydroxyl groups is 1. The number of halogens is 2. The van der Waals surface area contributed by atoms with E-state index in [2.05, 4.69) is 15.9 Å². The van der Waals surface area contributed by atoms with Gasteiger partial charge in [0.1, 0.15) is 5.75 Å². The van der Waals surface area contributed by atoms with Gasteiger partial charge in [0.15, 0.2) is 0 Å². The predicted molar refractivity (Wildman–Crippen MR) is 55.2 cm³/mol. The predicted octanol–water partition coefficient (Wildman–Crippen LogP) is 3.37. The van der Waals surface area contributed by atoms with Crippen LogP contribution in [0.15, 0.2) is 18.2 Å². The van der Waals surface area contributed by atoms with E-state index in [-0.39, 0.29) is 5.75 Å². The van der Waals surface area contributed by atoms with Crippen molar-refractivity contribution in [2.45, 2.75) is 18.2 Å². The third-order valence-corrected chi connectivity index (χ3v) is 2.20. The van der Waals surface area contributed by atoms with E-state index in [9.17, 15) is 5.11 Å². The van der Waals surface area contributed by atoms with Gasteiger partial charge in [-0.05, 0) is 18.1 Å². The van der Waals surface area contributed by atoms with Crippen molar-refractivity contribution in [1.29, 1.82) is 0 Å². The van der Waals surface area contributed by atoms with Crippen LogP contribution in [0.25, 0.3) is 0 Å². The Kier molecular flexibility index (Phi) is 3.41. The molecule has 1 rings (SSSR count). The van der Waals surface area contributed by atoms with E-state index in [1.807, 2.05) is 19.1 Å². The Labute approximate surface area is 85.5 Å². The number of para-hydroxylation sites is 1. The van der Waals surface area contributed by atoms with Crippen molar-refractivity contribution < 1.29 is 5.11 Å². The van der Waals surface area contributed by atoms with E-state index in [4.69, 9.17) is 11.6 Å². The summed E-state index contributed by atoms with van der Waals surface area (Å²) in [6, 6.07) is 5.39. The Balaban J connectivity index is 2.92. The standard InChI is InChI=1S/C9H10BrClO/c1-6(10)5-7-3-2-4-8(11)9(7)12/h2-4,6,12H,5H2,1H3. The number of benzene rings is 1. The molecule has 0 aliphatic rings. The molecule has 0 spiro atoms. The molecule has 3 heteroatoms. The van der Waals surface area contributed by atoms with Crippen LogP contribution in [0, 0.1) is 0 Å². The van der Waals surface area contributed by atoms with Crippen LogP contribution < -0.4 is 0 Å². The lowest BCUT2D eigenvalue weighted by atomic mass is 10.1. The summed E-state index contributed by atoms with van der Waals surface area (Å²) in [4.78, 5) is 0.349. The highest BCUT2D eigenvalue weighted by Gasteiger charge is 2.06. The minimum Gasteiger partial charge on any atom is -0.506 e. The highest BCUT2D eigenvalue weighted by molar-refractivity contribution is 9.09. The summed E-state index contributed by atoms with van der Waals surface area (Å²) in [6.07, 6.45) is 0.784. The maximum absolute atomic E-state index is 9.49. The van der Waals surface area contributed by atoms with Crippen molar-refractivity contribution in [1.82, 2.24) is 0 Å². The molecular formula is C9H10BrClO. The summed E-state index contributed by atoms with van der Waals surface area (Å²) in [5.74, 6) is 0.200. The fraction of sp³-hybridized carbons (Fsp3) is 0.333. The van der Waals surface area contributed by atoms with E-state index in [1.54, 1.807) is 6.07 Å². The molecule has 1 unspecified atom stereocenters. The van der Waals surface area contributed by atoms with Crippen LogP contribution in [0.5, 0.6) is 5.75 Å². The number of phenolic OH excluding ortho intramolecular Hbond substituents is 1. The Hall–Kier alpha value is -0.210. The average molecular weight is 250 g/mol. The largest absolute Gasteiger partial charge is 0.506 e. The van der Waals surface area contributed by atoms with E-state index in [0.29, 0.717) is 9.85 Å². The van der Waals surface area contributed by atoms with E-state index >= 15 is 0 Å². The topological polar surface area (TPSA) is 20.2 Å². The first-order chi connectivity index (χ1) is 5.61. The van der Waals surface area contributed by atoms with Gasteiger partial charge in [0.05, 0.1) is 5.02 Å². The van der Waals surface area contributed by atoms with Gasteiger partial charge >= 0.3 is 0 Å². The molecule has 12 heavy (non-hydrogen) atoms. The third-order valence-electron chi connectivity index (χ3n) is 1.57. The first kappa shape index (κ1) is 9.87. The number of phenols is 1. The van der Waals surface area contributed by atoms with Gasteiger partial charge in [0.25, 0.3) is 0 Å². The zero-order chi connectivity index (χ0) is 9.14. The number of hydrogen-bond donors (Lipinski definition) is 1. The first-order valence-electron chi connectivity index (χ1n) is 3.71. The summed E-state index contributed by atoms with van der Waals surface area (Å²) < 4.78 is 0. The Morgan fingerprint density at radius 3 is 2.83 bits per heavy atom. The van der Waals surface area contributed by atoms with Crippen LogP contribution in [0.2, 0.25) is 5.02 Å². The van der Waals surface area contributed by atoms with Crippen LogP contribution in [0.4, 0.5) is 0 Å². The fourth-order valence-electron chi connectivity index (χ4n) is 1.03. The van der Waals surface area contributed by atoms with Gasteiger partial charge < -0.3 is 5.11 Å². The summed E-state index contributed by atoms with van der Waals surface area (Å²) in [7, 11) is 0. The molecule has 0 radical (unpaired) electrons. The minimum atomic E-state index is 0.200. The third kappa shape index (κ3) is 2.39. The summed E-state index contributed by atoms with van der Waals surface area (Å²) in [5.41, 5.74) is 0.881. The van der Waals surface area contributed by atoms with Crippen LogP contribution in [0.3, 0.4) is 0 Å². The molecule has 66 valence electrons. The summed E-state index contributed by atoms with van der Waals surface area (Å²) in [6.45, 7) is 2.03. The molecule has 0 amide bonds. The molecule has 0 aromatic heterocycles. The highest BCUT2D eigenvalue weighted by Crippen LogP contribution is 2.28. The van der Waals surface area contributed by atoms with Crippen molar-refractivity contribution >= 4 is 27.5 Å². The fourth-order valence-corrected chi connectivity index (χ4v) is 1.57.